The van der Waals surface area contributed by atoms with E-state index in [-0.39, 0.29) is 10.6 Å². The first-order valence-corrected chi connectivity index (χ1v) is 6.53. The molecule has 0 radical (unpaired) electrons. The molecule has 0 bridgehead atoms. The van der Waals surface area contributed by atoms with Crippen LogP contribution in [0.2, 0.25) is 10.0 Å². The Morgan fingerprint density at radius 3 is 2.55 bits per heavy atom. The van der Waals surface area contributed by atoms with Crippen molar-refractivity contribution >= 4 is 40.1 Å². The van der Waals surface area contributed by atoms with Gasteiger partial charge in [0.25, 0.3) is 0 Å². The first-order chi connectivity index (χ1) is 9.56. The van der Waals surface area contributed by atoms with Crippen LogP contribution in [-0.4, -0.2) is 11.1 Å². The number of para-hydroxylation sites is 1. The summed E-state index contributed by atoms with van der Waals surface area (Å²) in [4.78, 5) is 11.1. The van der Waals surface area contributed by atoms with Crippen molar-refractivity contribution < 1.29 is 14.3 Å². The number of hydrogen-bond acceptors (Lipinski definition) is 2. The van der Waals surface area contributed by atoms with Crippen molar-refractivity contribution in [3.05, 3.63) is 58.1 Å². The van der Waals surface area contributed by atoms with Crippen LogP contribution in [0.15, 0.2) is 46.9 Å². The molecule has 1 aromatic heterocycles. The summed E-state index contributed by atoms with van der Waals surface area (Å²) in [6, 6.07) is 12.0. The monoisotopic (exact) mass is 306 g/mol. The fraction of sp³-hybridized carbons (Fsp3) is 0. The molecule has 1 N–H and O–H groups in total. The molecule has 3 nitrogen and oxygen atoms in total. The van der Waals surface area contributed by atoms with Crippen LogP contribution in [0.5, 0.6) is 0 Å². The minimum absolute atomic E-state index is 0.0377. The summed E-state index contributed by atoms with van der Waals surface area (Å²) < 4.78 is 5.69. The highest BCUT2D eigenvalue weighted by molar-refractivity contribution is 6.35. The molecule has 0 saturated carbocycles. The molecule has 0 atom stereocenters. The predicted molar refractivity (Wildman–Crippen MR) is 78.6 cm³/mol. The van der Waals surface area contributed by atoms with Gasteiger partial charge in [0, 0.05) is 10.9 Å². The number of rotatable bonds is 2. The van der Waals surface area contributed by atoms with E-state index < -0.39 is 5.97 Å². The molecule has 0 amide bonds. The number of carbonyl (C=O) groups is 1. The number of carboxylic acids is 1. The molecule has 0 fully saturated rings. The SMILES string of the molecule is O=C(O)c1cc(-c2cc3cccc(Cl)c3o2)ccc1Cl. The molecule has 0 unspecified atom stereocenters. The Hall–Kier alpha value is -1.97. The highest BCUT2D eigenvalue weighted by Crippen LogP contribution is 2.33. The summed E-state index contributed by atoms with van der Waals surface area (Å²) in [5.41, 5.74) is 1.26. The quantitative estimate of drug-likeness (QED) is 0.716. The lowest BCUT2D eigenvalue weighted by molar-refractivity contribution is 0.0697. The number of furan rings is 1. The minimum atomic E-state index is -1.08. The zero-order valence-electron chi connectivity index (χ0n) is 10.1. The van der Waals surface area contributed by atoms with Crippen molar-refractivity contribution in [1.82, 2.24) is 0 Å². The number of carboxylic acid groups (broad SMARTS) is 1. The Kier molecular flexibility index (Phi) is 3.16. The van der Waals surface area contributed by atoms with Crippen molar-refractivity contribution in [2.24, 2.45) is 0 Å². The van der Waals surface area contributed by atoms with Gasteiger partial charge >= 0.3 is 5.97 Å². The summed E-state index contributed by atoms with van der Waals surface area (Å²) >= 11 is 11.9. The van der Waals surface area contributed by atoms with E-state index in [1.165, 1.54) is 12.1 Å². The van der Waals surface area contributed by atoms with Gasteiger partial charge in [0.2, 0.25) is 0 Å². The summed E-state index contributed by atoms with van der Waals surface area (Å²) in [6.45, 7) is 0. The van der Waals surface area contributed by atoms with Gasteiger partial charge in [-0.3, -0.25) is 0 Å². The van der Waals surface area contributed by atoms with Crippen LogP contribution in [0.1, 0.15) is 10.4 Å². The molecule has 3 rings (SSSR count). The van der Waals surface area contributed by atoms with Crippen LogP contribution >= 0.6 is 23.2 Å². The first-order valence-electron chi connectivity index (χ1n) is 5.77. The normalized spacial score (nSPS) is 10.9. The van der Waals surface area contributed by atoms with Gasteiger partial charge in [-0.1, -0.05) is 35.3 Å². The van der Waals surface area contributed by atoms with Gasteiger partial charge < -0.3 is 9.52 Å². The van der Waals surface area contributed by atoms with Gasteiger partial charge in [-0.25, -0.2) is 4.79 Å². The van der Waals surface area contributed by atoms with E-state index in [0.29, 0.717) is 21.9 Å². The zero-order valence-corrected chi connectivity index (χ0v) is 11.6. The van der Waals surface area contributed by atoms with Gasteiger partial charge in [0.05, 0.1) is 15.6 Å². The van der Waals surface area contributed by atoms with E-state index in [2.05, 4.69) is 0 Å². The molecule has 5 heteroatoms. The maximum atomic E-state index is 11.1. The lowest BCUT2D eigenvalue weighted by Gasteiger charge is -2.01. The summed E-state index contributed by atoms with van der Waals surface area (Å²) in [6.07, 6.45) is 0. The first kappa shape index (κ1) is 13.0. The standard InChI is InChI=1S/C15H8Cl2O3/c16-11-5-4-8(6-10(11)15(18)19)13-7-9-2-1-3-12(17)14(9)20-13/h1-7H,(H,18,19). The van der Waals surface area contributed by atoms with Gasteiger partial charge in [-0.2, -0.15) is 0 Å². The van der Waals surface area contributed by atoms with E-state index in [1.807, 2.05) is 18.2 Å². The van der Waals surface area contributed by atoms with E-state index in [9.17, 15) is 4.79 Å². The zero-order chi connectivity index (χ0) is 14.3. The topological polar surface area (TPSA) is 50.4 Å². The summed E-state index contributed by atoms with van der Waals surface area (Å²) in [7, 11) is 0. The second-order valence-electron chi connectivity index (χ2n) is 4.27. The second kappa shape index (κ2) is 4.85. The average Bonchev–Trinajstić information content (AvgIpc) is 2.84. The van der Waals surface area contributed by atoms with Crippen molar-refractivity contribution in [2.75, 3.05) is 0 Å². The third-order valence-corrected chi connectivity index (χ3v) is 3.60. The number of benzene rings is 2. The maximum absolute atomic E-state index is 11.1. The summed E-state index contributed by atoms with van der Waals surface area (Å²) in [5.74, 6) is -0.529. The van der Waals surface area contributed by atoms with E-state index in [0.717, 1.165) is 5.39 Å². The molecular formula is C15H8Cl2O3. The Morgan fingerprint density at radius 1 is 1.05 bits per heavy atom. The van der Waals surface area contributed by atoms with Crippen LogP contribution in [0.3, 0.4) is 0 Å². The molecule has 2 aromatic carbocycles. The average molecular weight is 307 g/mol. The van der Waals surface area contributed by atoms with Gasteiger partial charge in [-0.05, 0) is 30.3 Å². The maximum Gasteiger partial charge on any atom is 0.337 e. The highest BCUT2D eigenvalue weighted by Gasteiger charge is 2.13. The Balaban J connectivity index is 2.18. The highest BCUT2D eigenvalue weighted by atomic mass is 35.5. The lowest BCUT2D eigenvalue weighted by atomic mass is 10.1. The number of aromatic carboxylic acids is 1. The van der Waals surface area contributed by atoms with Crippen LogP contribution in [0.25, 0.3) is 22.3 Å². The lowest BCUT2D eigenvalue weighted by Crippen LogP contribution is -1.97. The Bertz CT molecular complexity index is 821. The van der Waals surface area contributed by atoms with Gasteiger partial charge in [0.1, 0.15) is 5.76 Å². The number of fused-ring (bicyclic) bond motifs is 1. The summed E-state index contributed by atoms with van der Waals surface area (Å²) in [5, 5.41) is 10.7. The second-order valence-corrected chi connectivity index (χ2v) is 5.08. The van der Waals surface area contributed by atoms with Crippen molar-refractivity contribution in [2.45, 2.75) is 0 Å². The molecule has 0 aliphatic heterocycles. The predicted octanol–water partition coefficient (Wildman–Crippen LogP) is 5.10. The molecule has 0 aliphatic rings. The number of hydrogen-bond donors (Lipinski definition) is 1. The molecular weight excluding hydrogens is 299 g/mol. The minimum Gasteiger partial charge on any atom is -0.478 e. The smallest absolute Gasteiger partial charge is 0.337 e. The van der Waals surface area contributed by atoms with Crippen molar-refractivity contribution in [3.8, 4) is 11.3 Å². The van der Waals surface area contributed by atoms with Gasteiger partial charge in [-0.15, -0.1) is 0 Å². The number of halogens is 2. The van der Waals surface area contributed by atoms with Crippen molar-refractivity contribution in [3.63, 3.8) is 0 Å². The third-order valence-electron chi connectivity index (χ3n) is 2.98. The molecule has 0 spiro atoms. The van der Waals surface area contributed by atoms with E-state index >= 15 is 0 Å². The Labute approximate surface area is 124 Å². The van der Waals surface area contributed by atoms with Crippen molar-refractivity contribution in [1.29, 1.82) is 0 Å². The largest absolute Gasteiger partial charge is 0.478 e. The molecule has 20 heavy (non-hydrogen) atoms. The molecule has 0 aliphatic carbocycles. The fourth-order valence-corrected chi connectivity index (χ4v) is 2.43. The molecule has 3 aromatic rings. The van der Waals surface area contributed by atoms with Crippen LogP contribution in [-0.2, 0) is 0 Å². The van der Waals surface area contributed by atoms with Crippen LogP contribution in [0, 0.1) is 0 Å². The van der Waals surface area contributed by atoms with E-state index in [4.69, 9.17) is 32.7 Å². The fourth-order valence-electron chi connectivity index (χ4n) is 2.01. The van der Waals surface area contributed by atoms with E-state index in [1.54, 1.807) is 12.1 Å². The Morgan fingerprint density at radius 2 is 1.85 bits per heavy atom. The van der Waals surface area contributed by atoms with Crippen LogP contribution in [0.4, 0.5) is 0 Å². The molecule has 0 saturated heterocycles. The third kappa shape index (κ3) is 2.15. The molecule has 100 valence electrons. The van der Waals surface area contributed by atoms with Crippen LogP contribution < -0.4 is 0 Å². The molecule has 1 heterocycles. The van der Waals surface area contributed by atoms with Gasteiger partial charge in [0.15, 0.2) is 5.58 Å².